The summed E-state index contributed by atoms with van der Waals surface area (Å²) in [6.07, 6.45) is 8.36. The van der Waals surface area contributed by atoms with E-state index < -0.39 is 0 Å². The Hall–Kier alpha value is -3.07. The summed E-state index contributed by atoms with van der Waals surface area (Å²) in [5.74, 6) is 8.10. The third kappa shape index (κ3) is 4.68. The van der Waals surface area contributed by atoms with Crippen LogP contribution < -0.4 is 10.7 Å². The summed E-state index contributed by atoms with van der Waals surface area (Å²) >= 11 is 0. The number of hydrogen-bond donors (Lipinski definition) is 2. The van der Waals surface area contributed by atoms with Gasteiger partial charge in [0.15, 0.2) is 0 Å². The minimum absolute atomic E-state index is 0.570. The van der Waals surface area contributed by atoms with Gasteiger partial charge in [0, 0.05) is 23.6 Å². The predicted molar refractivity (Wildman–Crippen MR) is 117 cm³/mol. The quantitative estimate of drug-likeness (QED) is 0.481. The van der Waals surface area contributed by atoms with Crippen molar-refractivity contribution in [1.82, 2.24) is 20.5 Å². The molecule has 4 rings (SSSR count). The van der Waals surface area contributed by atoms with Gasteiger partial charge in [0.05, 0.1) is 29.8 Å². The number of benzene rings is 1. The van der Waals surface area contributed by atoms with Crippen molar-refractivity contribution in [2.45, 2.75) is 46.0 Å². The smallest absolute Gasteiger partial charge is 0.212 e. The first-order valence-electron chi connectivity index (χ1n) is 10.5. The molecule has 2 aromatic rings. The molecule has 0 saturated heterocycles. The molecular formula is C23H28N6. The molecule has 1 fully saturated rings. The monoisotopic (exact) mass is 388 g/mol. The molecular weight excluding hydrogens is 360 g/mol. The highest BCUT2D eigenvalue weighted by Crippen LogP contribution is 2.23. The van der Waals surface area contributed by atoms with E-state index in [4.69, 9.17) is 0 Å². The number of hydrazone groups is 1. The standard InChI is InChI=1S/C23H28N6/c1-17(27-28-23-24-14-15-25-23)22-16-26-29(18(22)2)21-12-10-20(11-13-21)9-8-19-6-4-3-5-7-19/h10-13,16,19H,3-7,14-15H2,1-2H3,(H2,24,25,28)/b27-17+. The first-order chi connectivity index (χ1) is 14.2. The predicted octanol–water partition coefficient (Wildman–Crippen LogP) is 3.39. The van der Waals surface area contributed by atoms with Crippen molar-refractivity contribution in [2.24, 2.45) is 16.0 Å². The molecule has 1 aliphatic heterocycles. The van der Waals surface area contributed by atoms with Gasteiger partial charge in [-0.05, 0) is 51.0 Å². The number of hydrogen-bond acceptors (Lipinski definition) is 5. The van der Waals surface area contributed by atoms with Crippen molar-refractivity contribution < 1.29 is 0 Å². The molecule has 150 valence electrons. The lowest BCUT2D eigenvalue weighted by Crippen LogP contribution is -2.30. The molecule has 2 aliphatic rings. The van der Waals surface area contributed by atoms with Gasteiger partial charge in [-0.3, -0.25) is 0 Å². The van der Waals surface area contributed by atoms with E-state index in [9.17, 15) is 0 Å². The molecule has 6 heteroatoms. The van der Waals surface area contributed by atoms with Gasteiger partial charge in [-0.1, -0.05) is 31.1 Å². The minimum Gasteiger partial charge on any atom is -0.353 e. The fourth-order valence-corrected chi connectivity index (χ4v) is 3.81. The van der Waals surface area contributed by atoms with Gasteiger partial charge >= 0.3 is 0 Å². The minimum atomic E-state index is 0.570. The van der Waals surface area contributed by atoms with Gasteiger partial charge in [-0.25, -0.2) is 15.1 Å². The maximum Gasteiger partial charge on any atom is 0.212 e. The number of nitrogens with zero attached hydrogens (tertiary/aromatic N) is 4. The Labute approximate surface area is 172 Å². The number of aliphatic imine (C=N–C) groups is 1. The summed E-state index contributed by atoms with van der Waals surface area (Å²) in [6.45, 7) is 5.67. The summed E-state index contributed by atoms with van der Waals surface area (Å²) < 4.78 is 1.94. The van der Waals surface area contributed by atoms with E-state index in [1.54, 1.807) is 0 Å². The first-order valence-corrected chi connectivity index (χ1v) is 10.5. The van der Waals surface area contributed by atoms with E-state index in [-0.39, 0.29) is 0 Å². The zero-order valence-corrected chi connectivity index (χ0v) is 17.2. The zero-order valence-electron chi connectivity index (χ0n) is 17.2. The van der Waals surface area contributed by atoms with E-state index in [0.29, 0.717) is 5.92 Å². The molecule has 2 heterocycles. The molecule has 1 aliphatic carbocycles. The highest BCUT2D eigenvalue weighted by atomic mass is 15.4. The molecule has 1 aromatic carbocycles. The molecule has 1 saturated carbocycles. The van der Waals surface area contributed by atoms with Gasteiger partial charge in [-0.2, -0.15) is 10.2 Å². The van der Waals surface area contributed by atoms with Gasteiger partial charge in [0.2, 0.25) is 5.96 Å². The van der Waals surface area contributed by atoms with Crippen molar-refractivity contribution in [1.29, 1.82) is 0 Å². The molecule has 0 amide bonds. The summed E-state index contributed by atoms with van der Waals surface area (Å²) in [6, 6.07) is 8.32. The summed E-state index contributed by atoms with van der Waals surface area (Å²) in [4.78, 5) is 4.29. The Balaban J connectivity index is 1.46. The lowest BCUT2D eigenvalue weighted by molar-refractivity contribution is 0.430. The van der Waals surface area contributed by atoms with Gasteiger partial charge in [0.1, 0.15) is 0 Å². The second-order valence-corrected chi connectivity index (χ2v) is 7.67. The maximum absolute atomic E-state index is 4.56. The number of nitrogens with one attached hydrogen (secondary N) is 2. The number of rotatable bonds is 3. The molecule has 0 bridgehead atoms. The van der Waals surface area contributed by atoms with Crippen LogP contribution in [0.25, 0.3) is 5.69 Å². The average molecular weight is 389 g/mol. The molecule has 1 aromatic heterocycles. The van der Waals surface area contributed by atoms with E-state index in [2.05, 4.69) is 69.0 Å². The van der Waals surface area contributed by atoms with Gasteiger partial charge < -0.3 is 5.32 Å². The summed E-state index contributed by atoms with van der Waals surface area (Å²) in [5, 5.41) is 12.1. The molecule has 0 spiro atoms. The average Bonchev–Trinajstić information content (AvgIpc) is 3.41. The normalized spacial score (nSPS) is 17.3. The van der Waals surface area contributed by atoms with E-state index >= 15 is 0 Å². The van der Waals surface area contributed by atoms with Crippen LogP contribution in [0.2, 0.25) is 0 Å². The second-order valence-electron chi connectivity index (χ2n) is 7.67. The van der Waals surface area contributed by atoms with E-state index in [0.717, 1.165) is 47.3 Å². The van der Waals surface area contributed by atoms with Crippen molar-refractivity contribution in [3.05, 3.63) is 47.3 Å². The van der Waals surface area contributed by atoms with Crippen LogP contribution >= 0.6 is 0 Å². The second kappa shape index (κ2) is 8.95. The summed E-state index contributed by atoms with van der Waals surface area (Å²) in [7, 11) is 0. The highest BCUT2D eigenvalue weighted by Gasteiger charge is 2.12. The first kappa shape index (κ1) is 19.3. The third-order valence-electron chi connectivity index (χ3n) is 5.54. The Bertz CT molecular complexity index is 965. The zero-order chi connectivity index (χ0) is 20.1. The van der Waals surface area contributed by atoms with Crippen LogP contribution in [0.4, 0.5) is 0 Å². The molecule has 0 unspecified atom stereocenters. The Kier molecular flexibility index (Phi) is 5.95. The van der Waals surface area contributed by atoms with Crippen LogP contribution in [0, 0.1) is 24.7 Å². The SMILES string of the molecule is C/C(=N\NC1=NCCN1)c1cnn(-c2ccc(C#CC3CCCCC3)cc2)c1C. The van der Waals surface area contributed by atoms with Crippen LogP contribution in [0.5, 0.6) is 0 Å². The summed E-state index contributed by atoms with van der Waals surface area (Å²) in [5.41, 5.74) is 8.01. The molecule has 29 heavy (non-hydrogen) atoms. The van der Waals surface area contributed by atoms with E-state index in [1.165, 1.54) is 32.1 Å². The maximum atomic E-state index is 4.56. The van der Waals surface area contributed by atoms with Gasteiger partial charge in [-0.15, -0.1) is 0 Å². The third-order valence-corrected chi connectivity index (χ3v) is 5.54. The molecule has 6 nitrogen and oxygen atoms in total. The molecule has 0 radical (unpaired) electrons. The fourth-order valence-electron chi connectivity index (χ4n) is 3.81. The number of aromatic nitrogens is 2. The fraction of sp³-hybridized carbons (Fsp3) is 0.435. The van der Waals surface area contributed by atoms with Crippen LogP contribution in [0.1, 0.15) is 55.8 Å². The van der Waals surface area contributed by atoms with Gasteiger partial charge in [0.25, 0.3) is 0 Å². The van der Waals surface area contributed by atoms with Crippen LogP contribution in [0.3, 0.4) is 0 Å². The van der Waals surface area contributed by atoms with Crippen molar-refractivity contribution in [3.8, 4) is 17.5 Å². The Morgan fingerprint density at radius 2 is 2.00 bits per heavy atom. The lowest BCUT2D eigenvalue weighted by Gasteiger charge is -2.15. The van der Waals surface area contributed by atoms with Crippen LogP contribution in [-0.2, 0) is 0 Å². The molecule has 2 N–H and O–H groups in total. The van der Waals surface area contributed by atoms with Crippen molar-refractivity contribution in [2.75, 3.05) is 13.1 Å². The van der Waals surface area contributed by atoms with E-state index in [1.807, 2.05) is 17.8 Å². The number of guanidine groups is 1. The topological polar surface area (TPSA) is 66.6 Å². The van der Waals surface area contributed by atoms with Crippen molar-refractivity contribution >= 4 is 11.7 Å². The molecule has 0 atom stereocenters. The van der Waals surface area contributed by atoms with Crippen LogP contribution in [-0.4, -0.2) is 34.5 Å². The van der Waals surface area contributed by atoms with Crippen molar-refractivity contribution in [3.63, 3.8) is 0 Å². The Morgan fingerprint density at radius 3 is 2.72 bits per heavy atom. The highest BCUT2D eigenvalue weighted by molar-refractivity contribution is 6.00. The largest absolute Gasteiger partial charge is 0.353 e. The Morgan fingerprint density at radius 1 is 1.21 bits per heavy atom. The van der Waals surface area contributed by atoms with Crippen LogP contribution in [0.15, 0.2) is 40.6 Å². The lowest BCUT2D eigenvalue weighted by atomic mass is 9.90.